The second kappa shape index (κ2) is 7.22. The molecule has 0 bridgehead atoms. The summed E-state index contributed by atoms with van der Waals surface area (Å²) in [4.78, 5) is 14.1. The van der Waals surface area contributed by atoms with Crippen LogP contribution in [0.15, 0.2) is 36.4 Å². The topological polar surface area (TPSA) is 86.9 Å². The number of nitrogens with one attached hydrogen (secondary N) is 2. The molecule has 0 unspecified atom stereocenters. The molecule has 140 valence electrons. The van der Waals surface area contributed by atoms with E-state index < -0.39 is 0 Å². The van der Waals surface area contributed by atoms with Gasteiger partial charge in [-0.05, 0) is 37.1 Å². The van der Waals surface area contributed by atoms with Gasteiger partial charge in [-0.3, -0.25) is 15.0 Å². The van der Waals surface area contributed by atoms with Crippen LogP contribution in [0.5, 0.6) is 5.75 Å². The molecule has 2 aromatic heterocycles. The summed E-state index contributed by atoms with van der Waals surface area (Å²) in [6.07, 6.45) is 2.37. The third-order valence-electron chi connectivity index (χ3n) is 4.44. The van der Waals surface area contributed by atoms with Gasteiger partial charge in [0.05, 0.1) is 23.6 Å². The van der Waals surface area contributed by atoms with Crippen LogP contribution >= 0.6 is 0 Å². The van der Waals surface area contributed by atoms with Crippen LogP contribution in [0.3, 0.4) is 0 Å². The average Bonchev–Trinajstić information content (AvgIpc) is 3.22. The van der Waals surface area contributed by atoms with E-state index in [2.05, 4.69) is 20.4 Å². The zero-order valence-electron chi connectivity index (χ0n) is 14.9. The van der Waals surface area contributed by atoms with Crippen molar-refractivity contribution in [3.8, 4) is 5.75 Å². The van der Waals surface area contributed by atoms with Crippen molar-refractivity contribution in [2.75, 3.05) is 7.05 Å². The van der Waals surface area contributed by atoms with Crippen molar-refractivity contribution in [3.05, 3.63) is 65.0 Å². The van der Waals surface area contributed by atoms with Crippen molar-refractivity contribution in [1.29, 1.82) is 0 Å². The molecule has 1 aliphatic carbocycles. The number of hydrogen-bond donors (Lipinski definition) is 2. The minimum atomic E-state index is -0.363. The minimum absolute atomic E-state index is 0.165. The third-order valence-corrected chi connectivity index (χ3v) is 4.44. The second-order valence-electron chi connectivity index (χ2n) is 6.78. The summed E-state index contributed by atoms with van der Waals surface area (Å²) in [7, 11) is 1.72. The molecule has 0 aliphatic heterocycles. The largest absolute Gasteiger partial charge is 0.487 e. The molecule has 0 atom stereocenters. The van der Waals surface area contributed by atoms with Crippen molar-refractivity contribution < 1.29 is 13.9 Å². The maximum absolute atomic E-state index is 13.2. The van der Waals surface area contributed by atoms with Crippen LogP contribution in [-0.2, 0) is 13.2 Å². The fourth-order valence-corrected chi connectivity index (χ4v) is 2.83. The normalized spacial score (nSPS) is 13.6. The molecule has 1 aromatic carbocycles. The number of halogens is 1. The van der Waals surface area contributed by atoms with Gasteiger partial charge in [0.2, 0.25) is 0 Å². The Labute approximate surface area is 155 Å². The van der Waals surface area contributed by atoms with Gasteiger partial charge in [-0.25, -0.2) is 4.39 Å². The highest BCUT2D eigenvalue weighted by atomic mass is 19.1. The van der Waals surface area contributed by atoms with Crippen LogP contribution in [0.4, 0.5) is 4.39 Å². The highest BCUT2D eigenvalue weighted by Gasteiger charge is 2.26. The summed E-state index contributed by atoms with van der Waals surface area (Å²) < 4.78 is 18.7. The van der Waals surface area contributed by atoms with E-state index in [9.17, 15) is 9.18 Å². The molecule has 0 spiro atoms. The number of benzene rings is 1. The van der Waals surface area contributed by atoms with Gasteiger partial charge in [0, 0.05) is 19.0 Å². The van der Waals surface area contributed by atoms with Gasteiger partial charge >= 0.3 is 0 Å². The molecule has 2 N–H and O–H groups in total. The number of ether oxygens (including phenoxy) is 1. The standard InChI is InChI=1S/C19H20FN5O2/c1-25(10-14-8-17(23-21-14)12-5-6-12)19(26)18-9-15(22-24-18)11-27-16-4-2-3-13(20)7-16/h2-4,7-9,12H,5-6,10-11H2,1H3,(H,21,23)(H,22,24). The number of rotatable bonds is 7. The second-order valence-corrected chi connectivity index (χ2v) is 6.78. The lowest BCUT2D eigenvalue weighted by molar-refractivity contribution is 0.0777. The molecule has 1 aliphatic rings. The number of aromatic nitrogens is 4. The molecular weight excluding hydrogens is 349 g/mol. The van der Waals surface area contributed by atoms with Crippen LogP contribution in [0.25, 0.3) is 0 Å². The quantitative estimate of drug-likeness (QED) is 0.670. The van der Waals surface area contributed by atoms with E-state index in [4.69, 9.17) is 4.74 Å². The van der Waals surface area contributed by atoms with Gasteiger partial charge in [-0.1, -0.05) is 6.07 Å². The molecule has 8 heteroatoms. The highest BCUT2D eigenvalue weighted by Crippen LogP contribution is 2.39. The average molecular weight is 369 g/mol. The first-order valence-corrected chi connectivity index (χ1v) is 8.81. The van der Waals surface area contributed by atoms with Crippen LogP contribution in [0, 0.1) is 5.82 Å². The van der Waals surface area contributed by atoms with Crippen LogP contribution < -0.4 is 4.74 Å². The third kappa shape index (κ3) is 4.16. The first-order chi connectivity index (χ1) is 13.1. The van der Waals surface area contributed by atoms with E-state index in [-0.39, 0.29) is 18.3 Å². The lowest BCUT2D eigenvalue weighted by Crippen LogP contribution is -2.26. The Morgan fingerprint density at radius 1 is 1.22 bits per heavy atom. The predicted octanol–water partition coefficient (Wildman–Crippen LogP) is 3.00. The highest BCUT2D eigenvalue weighted by molar-refractivity contribution is 5.92. The van der Waals surface area contributed by atoms with Crippen molar-refractivity contribution >= 4 is 5.91 Å². The van der Waals surface area contributed by atoms with Gasteiger partial charge in [-0.15, -0.1) is 0 Å². The summed E-state index contributed by atoms with van der Waals surface area (Å²) >= 11 is 0. The van der Waals surface area contributed by atoms with Gasteiger partial charge in [0.15, 0.2) is 5.69 Å². The van der Waals surface area contributed by atoms with Crippen LogP contribution in [0.1, 0.15) is 46.3 Å². The maximum atomic E-state index is 13.2. The minimum Gasteiger partial charge on any atom is -0.487 e. The van der Waals surface area contributed by atoms with E-state index in [0.29, 0.717) is 29.6 Å². The predicted molar refractivity (Wildman–Crippen MR) is 95.7 cm³/mol. The van der Waals surface area contributed by atoms with Crippen molar-refractivity contribution in [3.63, 3.8) is 0 Å². The van der Waals surface area contributed by atoms with Gasteiger partial charge in [-0.2, -0.15) is 10.2 Å². The molecule has 0 radical (unpaired) electrons. The molecule has 4 rings (SSSR count). The number of nitrogens with zero attached hydrogens (tertiary/aromatic N) is 3. The van der Waals surface area contributed by atoms with Crippen LogP contribution in [0.2, 0.25) is 0 Å². The molecule has 1 fully saturated rings. The Bertz CT molecular complexity index is 947. The number of carbonyl (C=O) groups is 1. The van der Waals surface area contributed by atoms with Crippen LogP contribution in [-0.4, -0.2) is 38.2 Å². The zero-order valence-corrected chi connectivity index (χ0v) is 14.9. The molecule has 1 saturated carbocycles. The molecular formula is C19H20FN5O2. The molecule has 27 heavy (non-hydrogen) atoms. The zero-order chi connectivity index (χ0) is 18.8. The van der Waals surface area contributed by atoms with Gasteiger partial charge in [0.1, 0.15) is 18.2 Å². The van der Waals surface area contributed by atoms with Crippen molar-refractivity contribution in [2.24, 2.45) is 0 Å². The summed E-state index contributed by atoms with van der Waals surface area (Å²) in [6.45, 7) is 0.597. The maximum Gasteiger partial charge on any atom is 0.274 e. The van der Waals surface area contributed by atoms with Crippen molar-refractivity contribution in [1.82, 2.24) is 25.3 Å². The van der Waals surface area contributed by atoms with E-state index in [0.717, 1.165) is 11.4 Å². The Hall–Kier alpha value is -3.16. The van der Waals surface area contributed by atoms with Crippen molar-refractivity contribution in [2.45, 2.75) is 31.9 Å². The fraction of sp³-hybridized carbons (Fsp3) is 0.316. The number of amides is 1. The Morgan fingerprint density at radius 2 is 2.04 bits per heavy atom. The van der Waals surface area contributed by atoms with E-state index >= 15 is 0 Å². The molecule has 0 saturated heterocycles. The monoisotopic (exact) mass is 369 g/mol. The van der Waals surface area contributed by atoms with E-state index in [1.54, 1.807) is 30.1 Å². The number of H-pyrrole nitrogens is 2. The summed E-state index contributed by atoms with van der Waals surface area (Å²) in [5, 5.41) is 14.1. The molecule has 7 nitrogen and oxygen atoms in total. The lowest BCUT2D eigenvalue weighted by Gasteiger charge is -2.14. The first-order valence-electron chi connectivity index (χ1n) is 8.81. The summed E-state index contributed by atoms with van der Waals surface area (Å²) in [6, 6.07) is 9.55. The molecule has 1 amide bonds. The first kappa shape index (κ1) is 17.3. The number of carbonyl (C=O) groups excluding carboxylic acids is 1. The summed E-state index contributed by atoms with van der Waals surface area (Å²) in [5.74, 6) is 0.424. The fourth-order valence-electron chi connectivity index (χ4n) is 2.83. The molecule has 2 heterocycles. The smallest absolute Gasteiger partial charge is 0.274 e. The van der Waals surface area contributed by atoms with Gasteiger partial charge < -0.3 is 9.64 Å². The Morgan fingerprint density at radius 3 is 2.81 bits per heavy atom. The Kier molecular flexibility index (Phi) is 4.62. The summed E-state index contributed by atoms with van der Waals surface area (Å²) in [5.41, 5.74) is 2.91. The van der Waals surface area contributed by atoms with E-state index in [1.165, 1.54) is 25.0 Å². The molecule has 3 aromatic rings. The lowest BCUT2D eigenvalue weighted by atomic mass is 10.2. The van der Waals surface area contributed by atoms with Gasteiger partial charge in [0.25, 0.3) is 5.91 Å². The SMILES string of the molecule is CN(Cc1cc(C2CC2)n[nH]1)C(=O)c1cc(COc2cccc(F)c2)[nH]n1. The number of hydrogen-bond acceptors (Lipinski definition) is 4. The van der Waals surface area contributed by atoms with E-state index in [1.807, 2.05) is 6.07 Å². The Balaban J connectivity index is 1.34. The number of aromatic amines is 2.